The lowest BCUT2D eigenvalue weighted by molar-refractivity contribution is -0.265. The third-order valence-corrected chi connectivity index (χ3v) is 6.80. The summed E-state index contributed by atoms with van der Waals surface area (Å²) in [7, 11) is -5.07. The lowest BCUT2D eigenvalue weighted by atomic mass is 10.1. The molecule has 12 nitrogen and oxygen atoms in total. The second-order valence-corrected chi connectivity index (χ2v) is 9.89. The number of carboxylic acids is 1. The Morgan fingerprint density at radius 3 is 2.08 bits per heavy atom. The number of phenols is 1. The Kier molecular flexibility index (Phi) is 6.59. The molecule has 0 saturated heterocycles. The first-order valence-electron chi connectivity index (χ1n) is 11.4. The summed E-state index contributed by atoms with van der Waals surface area (Å²) >= 11 is 0. The summed E-state index contributed by atoms with van der Waals surface area (Å²) in [4.78, 5) is 10.5. The highest BCUT2D eigenvalue weighted by molar-refractivity contribution is 7.86. The van der Waals surface area contributed by atoms with Crippen LogP contribution in [-0.2, 0) is 10.1 Å². The lowest BCUT2D eigenvalue weighted by Crippen LogP contribution is -2.03. The van der Waals surface area contributed by atoms with Crippen LogP contribution in [0.2, 0.25) is 0 Å². The monoisotopic (exact) mass is 555 g/mol. The first kappa shape index (κ1) is 26.2. The van der Waals surface area contributed by atoms with E-state index in [4.69, 9.17) is 5.73 Å². The number of nitrogen functional groups attached to an aromatic ring is 1. The molecule has 0 atom stereocenters. The molecule has 0 heterocycles. The van der Waals surface area contributed by atoms with E-state index in [9.17, 15) is 33.1 Å². The first-order chi connectivity index (χ1) is 19.0. The molecule has 40 heavy (non-hydrogen) atoms. The topological polar surface area (TPSA) is 213 Å². The van der Waals surface area contributed by atoms with Gasteiger partial charge >= 0.3 is 5.97 Å². The van der Waals surface area contributed by atoms with Crippen molar-refractivity contribution in [2.24, 2.45) is 20.5 Å². The molecule has 200 valence electrons. The molecule has 0 aliphatic heterocycles. The molecule has 0 fully saturated rings. The first-order valence-corrected chi connectivity index (χ1v) is 12.8. The van der Waals surface area contributed by atoms with Crippen molar-refractivity contribution >= 4 is 66.1 Å². The van der Waals surface area contributed by atoms with Crippen LogP contribution in [0.1, 0.15) is 10.4 Å². The van der Waals surface area contributed by atoms with Crippen LogP contribution in [0.3, 0.4) is 0 Å². The Labute approximate surface area is 226 Å². The molecule has 0 amide bonds. The number of anilines is 1. The normalized spacial score (nSPS) is 12.1. The van der Waals surface area contributed by atoms with Gasteiger partial charge in [0.1, 0.15) is 21.4 Å². The zero-order valence-corrected chi connectivity index (χ0v) is 21.0. The second-order valence-electron chi connectivity index (χ2n) is 8.54. The van der Waals surface area contributed by atoms with E-state index in [1.165, 1.54) is 42.5 Å². The van der Waals surface area contributed by atoms with Crippen molar-refractivity contribution in [3.05, 3.63) is 84.4 Å². The highest BCUT2D eigenvalue weighted by Gasteiger charge is 2.14. The highest BCUT2D eigenvalue weighted by Crippen LogP contribution is 2.41. The average Bonchev–Trinajstić information content (AvgIpc) is 2.92. The van der Waals surface area contributed by atoms with Crippen molar-refractivity contribution in [2.75, 3.05) is 5.73 Å². The van der Waals surface area contributed by atoms with Gasteiger partial charge in [0.2, 0.25) is 0 Å². The van der Waals surface area contributed by atoms with Crippen LogP contribution in [0, 0.1) is 0 Å². The van der Waals surface area contributed by atoms with Crippen LogP contribution in [0.15, 0.2) is 104 Å². The van der Waals surface area contributed by atoms with Crippen molar-refractivity contribution in [1.29, 1.82) is 0 Å². The fourth-order valence-electron chi connectivity index (χ4n) is 4.05. The Hall–Kier alpha value is -5.40. The van der Waals surface area contributed by atoms with Gasteiger partial charge in [-0.15, -0.1) is 15.3 Å². The number of hydrogen-bond donors (Lipinski definition) is 3. The number of rotatable bonds is 6. The lowest BCUT2D eigenvalue weighted by Gasteiger charge is -2.19. The van der Waals surface area contributed by atoms with Gasteiger partial charge < -0.3 is 25.6 Å². The molecule has 5 aromatic carbocycles. The fourth-order valence-corrected chi connectivity index (χ4v) is 4.69. The number of carboxylic acid groups (broad SMARTS) is 1. The molecule has 13 heteroatoms. The van der Waals surface area contributed by atoms with E-state index >= 15 is 0 Å². The molecule has 0 aromatic heterocycles. The minimum atomic E-state index is -5.07. The summed E-state index contributed by atoms with van der Waals surface area (Å²) in [5, 5.41) is 49.6. The van der Waals surface area contributed by atoms with Gasteiger partial charge in [-0.05, 0) is 59.3 Å². The number of fused-ring (bicyclic) bond motifs is 2. The second kappa shape index (κ2) is 10.1. The third-order valence-electron chi connectivity index (χ3n) is 5.95. The van der Waals surface area contributed by atoms with Gasteiger partial charge in [0.25, 0.3) is 0 Å². The van der Waals surface area contributed by atoms with Crippen molar-refractivity contribution in [3.8, 4) is 11.5 Å². The molecule has 0 saturated carbocycles. The van der Waals surface area contributed by atoms with Gasteiger partial charge in [0, 0.05) is 16.5 Å². The van der Waals surface area contributed by atoms with Gasteiger partial charge in [-0.1, -0.05) is 36.1 Å². The zero-order valence-electron chi connectivity index (χ0n) is 20.2. The molecule has 4 N–H and O–H groups in total. The van der Waals surface area contributed by atoms with E-state index in [1.807, 2.05) is 0 Å². The van der Waals surface area contributed by atoms with E-state index in [0.717, 1.165) is 6.07 Å². The van der Waals surface area contributed by atoms with E-state index in [1.54, 1.807) is 30.3 Å². The molecular weight excluding hydrogens is 538 g/mol. The van der Waals surface area contributed by atoms with Gasteiger partial charge in [-0.2, -0.15) is 5.11 Å². The van der Waals surface area contributed by atoms with Crippen LogP contribution in [0.25, 0.3) is 21.5 Å². The number of azo groups is 2. The minimum absolute atomic E-state index is 0.0854. The maximum atomic E-state index is 13.1. The SMILES string of the molecule is Nc1ccc2cc(S(=O)(=O)[O-])c(N=Nc3ccc(N=Nc4ccc(O)c(C(=O)O)c4)c4ccccc34)c([O-])c2c1. The molecule has 0 aliphatic carbocycles. The Balaban J connectivity index is 1.59. The number of carbonyl (C=O) groups is 1. The van der Waals surface area contributed by atoms with Crippen LogP contribution in [0.4, 0.5) is 28.4 Å². The largest absolute Gasteiger partial charge is 0.871 e. The van der Waals surface area contributed by atoms with Crippen LogP contribution < -0.4 is 10.8 Å². The molecule has 0 bridgehead atoms. The van der Waals surface area contributed by atoms with E-state index < -0.39 is 38.2 Å². The van der Waals surface area contributed by atoms with Gasteiger partial charge in [-0.25, -0.2) is 13.2 Å². The number of hydrogen-bond acceptors (Lipinski definition) is 11. The summed E-state index contributed by atoms with van der Waals surface area (Å²) in [6.45, 7) is 0. The maximum absolute atomic E-state index is 13.1. The number of nitrogens with zero attached hydrogens (tertiary/aromatic N) is 4. The van der Waals surface area contributed by atoms with Crippen molar-refractivity contribution in [1.82, 2.24) is 0 Å². The van der Waals surface area contributed by atoms with Gasteiger partial charge in [-0.3, -0.25) is 0 Å². The number of benzene rings is 5. The van der Waals surface area contributed by atoms with E-state index in [2.05, 4.69) is 20.5 Å². The van der Waals surface area contributed by atoms with Crippen LogP contribution >= 0.6 is 0 Å². The summed E-state index contributed by atoms with van der Waals surface area (Å²) in [6.07, 6.45) is 0. The van der Waals surface area contributed by atoms with Gasteiger partial charge in [0.15, 0.2) is 0 Å². The number of nitrogens with two attached hydrogens (primary N) is 1. The van der Waals surface area contributed by atoms with Gasteiger partial charge in [0.05, 0.1) is 27.6 Å². The summed E-state index contributed by atoms with van der Waals surface area (Å²) in [5.74, 6) is -2.54. The predicted molar refractivity (Wildman–Crippen MR) is 143 cm³/mol. The Morgan fingerprint density at radius 2 is 1.45 bits per heavy atom. The van der Waals surface area contributed by atoms with Crippen molar-refractivity contribution in [2.45, 2.75) is 4.90 Å². The standard InChI is InChI=1S/C27H19N5O7S/c28-15-6-5-14-11-24(40(37,38)39)25(26(34)19(14)12-15)32-31-22-9-8-21(17-3-1-2-4-18(17)22)30-29-16-7-10-23(33)20(13-16)27(35)36/h1-13,33-34H,28H2,(H,35,36)(H,37,38,39)/p-2. The molecular formula is C27H17N5O7S-2. The summed E-state index contributed by atoms with van der Waals surface area (Å²) in [6, 6.07) is 19.0. The zero-order chi connectivity index (χ0) is 28.6. The van der Waals surface area contributed by atoms with Crippen LogP contribution in [-0.4, -0.2) is 29.2 Å². The number of aromatic carboxylic acids is 1. The minimum Gasteiger partial charge on any atom is -0.871 e. The molecule has 0 unspecified atom stereocenters. The summed E-state index contributed by atoms with van der Waals surface area (Å²) in [5.41, 5.74) is 5.89. The highest BCUT2D eigenvalue weighted by atomic mass is 32.2. The Bertz CT molecular complexity index is 2010. The average molecular weight is 556 g/mol. The predicted octanol–water partition coefficient (Wildman–Crippen LogP) is 5.79. The maximum Gasteiger partial charge on any atom is 0.339 e. The van der Waals surface area contributed by atoms with Crippen molar-refractivity contribution in [3.63, 3.8) is 0 Å². The van der Waals surface area contributed by atoms with Crippen LogP contribution in [0.5, 0.6) is 11.5 Å². The molecule has 0 radical (unpaired) electrons. The molecule has 0 aliphatic rings. The van der Waals surface area contributed by atoms with Crippen molar-refractivity contribution < 1.29 is 33.1 Å². The molecule has 5 aromatic rings. The number of aromatic hydroxyl groups is 1. The third kappa shape index (κ3) is 5.01. The Morgan fingerprint density at radius 1 is 0.800 bits per heavy atom. The smallest absolute Gasteiger partial charge is 0.339 e. The fraction of sp³-hybridized carbons (Fsp3) is 0. The molecule has 5 rings (SSSR count). The summed E-state index contributed by atoms with van der Waals surface area (Å²) < 4.78 is 35.9. The molecule has 0 spiro atoms. The quantitative estimate of drug-likeness (QED) is 0.132. The van der Waals surface area contributed by atoms with E-state index in [0.29, 0.717) is 16.5 Å². The van der Waals surface area contributed by atoms with E-state index in [-0.39, 0.29) is 33.4 Å².